The number of alkyl halides is 3. The zero-order valence-corrected chi connectivity index (χ0v) is 15.3. The second-order valence-corrected chi connectivity index (χ2v) is 7.46. The van der Waals surface area contributed by atoms with Crippen molar-refractivity contribution in [1.82, 2.24) is 14.9 Å². The van der Waals surface area contributed by atoms with Gasteiger partial charge < -0.3 is 9.64 Å². The Kier molecular flexibility index (Phi) is 4.72. The Morgan fingerprint density at radius 2 is 2.04 bits per heavy atom. The molecule has 28 heavy (non-hydrogen) atoms. The number of pyridine rings is 2. The first-order chi connectivity index (χ1) is 13.3. The number of aromatic nitrogens is 2. The molecular formula is C20H20F3N3O2. The predicted octanol–water partition coefficient (Wildman–Crippen LogP) is 3.73. The quantitative estimate of drug-likeness (QED) is 0.797. The maximum absolute atomic E-state index is 13.0. The second kappa shape index (κ2) is 7.07. The van der Waals surface area contributed by atoms with Crippen LogP contribution in [0.15, 0.2) is 36.5 Å². The number of halogens is 3. The molecule has 5 nitrogen and oxygen atoms in total. The van der Waals surface area contributed by atoms with Gasteiger partial charge in [-0.15, -0.1) is 0 Å². The Labute approximate surface area is 160 Å². The van der Waals surface area contributed by atoms with E-state index in [9.17, 15) is 18.0 Å². The molecule has 2 aromatic heterocycles. The van der Waals surface area contributed by atoms with Gasteiger partial charge in [-0.1, -0.05) is 6.07 Å². The van der Waals surface area contributed by atoms with Gasteiger partial charge in [-0.3, -0.25) is 4.79 Å². The molecule has 0 spiro atoms. The summed E-state index contributed by atoms with van der Waals surface area (Å²) in [5, 5.41) is 0. The number of carbonyl (C=O) groups excluding carboxylic acids is 1. The average molecular weight is 391 g/mol. The van der Waals surface area contributed by atoms with Gasteiger partial charge in [-0.2, -0.15) is 13.2 Å². The minimum atomic E-state index is -4.43. The van der Waals surface area contributed by atoms with Crippen molar-refractivity contribution in [3.8, 4) is 5.88 Å². The highest BCUT2D eigenvalue weighted by atomic mass is 19.4. The number of likely N-dealkylation sites (tertiary alicyclic amines) is 1. The molecule has 0 radical (unpaired) electrons. The summed E-state index contributed by atoms with van der Waals surface area (Å²) in [7, 11) is 0. The van der Waals surface area contributed by atoms with E-state index in [-0.39, 0.29) is 24.4 Å². The van der Waals surface area contributed by atoms with Gasteiger partial charge in [-0.25, -0.2) is 9.97 Å². The number of amides is 1. The maximum Gasteiger partial charge on any atom is 0.417 e. The molecule has 0 bridgehead atoms. The van der Waals surface area contributed by atoms with E-state index in [0.717, 1.165) is 30.8 Å². The third-order valence-electron chi connectivity index (χ3n) is 5.37. The van der Waals surface area contributed by atoms with Crippen molar-refractivity contribution >= 4 is 5.91 Å². The molecule has 8 heteroatoms. The second-order valence-electron chi connectivity index (χ2n) is 7.46. The van der Waals surface area contributed by atoms with Crippen molar-refractivity contribution in [2.75, 3.05) is 13.2 Å². The Morgan fingerprint density at radius 3 is 2.71 bits per heavy atom. The van der Waals surface area contributed by atoms with E-state index in [0.29, 0.717) is 24.1 Å². The van der Waals surface area contributed by atoms with Crippen molar-refractivity contribution < 1.29 is 22.7 Å². The van der Waals surface area contributed by atoms with Crippen molar-refractivity contribution in [2.45, 2.75) is 32.0 Å². The predicted molar refractivity (Wildman–Crippen MR) is 94.7 cm³/mol. The van der Waals surface area contributed by atoms with E-state index < -0.39 is 11.7 Å². The fourth-order valence-corrected chi connectivity index (χ4v) is 3.73. The highest BCUT2D eigenvalue weighted by Gasteiger charge is 2.47. The Balaban J connectivity index is 1.45. The van der Waals surface area contributed by atoms with E-state index >= 15 is 0 Å². The van der Waals surface area contributed by atoms with Crippen LogP contribution in [0.3, 0.4) is 0 Å². The normalized spacial score (nSPS) is 23.9. The summed E-state index contributed by atoms with van der Waals surface area (Å²) in [5.74, 6) is 1.09. The lowest BCUT2D eigenvalue weighted by Crippen LogP contribution is -2.48. The van der Waals surface area contributed by atoms with Gasteiger partial charge in [-0.05, 0) is 49.8 Å². The fourth-order valence-electron chi connectivity index (χ4n) is 3.73. The molecule has 2 aromatic rings. The molecule has 4 rings (SSSR count). The summed E-state index contributed by atoms with van der Waals surface area (Å²) in [6, 6.07) is 7.34. The van der Waals surface area contributed by atoms with Crippen molar-refractivity contribution in [3.05, 3.63) is 53.5 Å². The van der Waals surface area contributed by atoms with Crippen LogP contribution in [-0.2, 0) is 6.18 Å². The third kappa shape index (κ3) is 3.95. The number of rotatable bonds is 4. The van der Waals surface area contributed by atoms with Crippen LogP contribution in [0.2, 0.25) is 0 Å². The van der Waals surface area contributed by atoms with E-state index in [1.165, 1.54) is 6.07 Å². The number of fused-ring (bicyclic) bond motifs is 1. The van der Waals surface area contributed by atoms with Gasteiger partial charge in [0, 0.05) is 24.5 Å². The lowest BCUT2D eigenvalue weighted by atomic mass is 10.0. The number of aryl methyl sites for hydroxylation is 1. The fraction of sp³-hybridized carbons (Fsp3) is 0.450. The molecule has 3 heterocycles. The number of ether oxygens (including phenoxy) is 1. The Hall–Kier alpha value is -2.64. The largest absolute Gasteiger partial charge is 0.475 e. The van der Waals surface area contributed by atoms with Crippen LogP contribution in [0.5, 0.6) is 5.88 Å². The topological polar surface area (TPSA) is 55.3 Å². The van der Waals surface area contributed by atoms with Crippen LogP contribution in [0.25, 0.3) is 0 Å². The van der Waals surface area contributed by atoms with Crippen molar-refractivity contribution in [1.29, 1.82) is 0 Å². The molecule has 1 aliphatic heterocycles. The summed E-state index contributed by atoms with van der Waals surface area (Å²) >= 11 is 0. The first-order valence-electron chi connectivity index (χ1n) is 9.22. The smallest absolute Gasteiger partial charge is 0.417 e. The number of hydrogen-bond acceptors (Lipinski definition) is 4. The number of hydrogen-bond donors (Lipinski definition) is 0. The molecule has 1 aliphatic carbocycles. The summed E-state index contributed by atoms with van der Waals surface area (Å²) in [6.07, 6.45) is -1.75. The van der Waals surface area contributed by atoms with Crippen LogP contribution in [0.4, 0.5) is 13.2 Å². The summed E-state index contributed by atoms with van der Waals surface area (Å²) in [4.78, 5) is 22.8. The monoisotopic (exact) mass is 391 g/mol. The summed E-state index contributed by atoms with van der Waals surface area (Å²) in [6.45, 7) is 2.69. The SMILES string of the molecule is Cc1cccc(C(=O)N2C[C@@H]3C[C@@H]3C[C@H]2COc2ccc(C(F)(F)F)cn2)n1. The van der Waals surface area contributed by atoms with Crippen LogP contribution >= 0.6 is 0 Å². The first-order valence-corrected chi connectivity index (χ1v) is 9.22. The lowest BCUT2D eigenvalue weighted by Gasteiger charge is -2.35. The molecule has 2 fully saturated rings. The van der Waals surface area contributed by atoms with E-state index in [1.807, 2.05) is 13.0 Å². The molecule has 0 N–H and O–H groups in total. The first kappa shape index (κ1) is 18.7. The molecule has 1 saturated heterocycles. The molecule has 148 valence electrons. The van der Waals surface area contributed by atoms with Crippen LogP contribution in [-0.4, -0.2) is 40.0 Å². The molecule has 2 aliphatic rings. The minimum absolute atomic E-state index is 0.118. The Morgan fingerprint density at radius 1 is 1.21 bits per heavy atom. The van der Waals surface area contributed by atoms with Crippen LogP contribution in [0.1, 0.15) is 34.6 Å². The maximum atomic E-state index is 13.0. The van der Waals surface area contributed by atoms with E-state index in [2.05, 4.69) is 9.97 Å². The molecular weight excluding hydrogens is 371 g/mol. The van der Waals surface area contributed by atoms with Crippen LogP contribution in [0, 0.1) is 18.8 Å². The van der Waals surface area contributed by atoms with Gasteiger partial charge in [0.15, 0.2) is 0 Å². The van der Waals surface area contributed by atoms with Crippen LogP contribution < -0.4 is 4.74 Å². The molecule has 0 aromatic carbocycles. The number of piperidine rings is 1. The zero-order chi connectivity index (χ0) is 19.9. The van der Waals surface area contributed by atoms with Gasteiger partial charge in [0.05, 0.1) is 11.6 Å². The van der Waals surface area contributed by atoms with Gasteiger partial charge >= 0.3 is 6.18 Å². The molecule has 1 saturated carbocycles. The zero-order valence-electron chi connectivity index (χ0n) is 15.3. The van der Waals surface area contributed by atoms with Gasteiger partial charge in [0.25, 0.3) is 5.91 Å². The van der Waals surface area contributed by atoms with Gasteiger partial charge in [0.1, 0.15) is 12.3 Å². The van der Waals surface area contributed by atoms with Crippen molar-refractivity contribution in [2.24, 2.45) is 11.8 Å². The minimum Gasteiger partial charge on any atom is -0.475 e. The highest BCUT2D eigenvalue weighted by molar-refractivity contribution is 5.92. The summed E-state index contributed by atoms with van der Waals surface area (Å²) in [5.41, 5.74) is 0.353. The average Bonchev–Trinajstić information content (AvgIpc) is 3.43. The number of carbonyl (C=O) groups is 1. The lowest BCUT2D eigenvalue weighted by molar-refractivity contribution is -0.137. The number of nitrogens with zero attached hydrogens (tertiary/aromatic N) is 3. The summed E-state index contributed by atoms with van der Waals surface area (Å²) < 4.78 is 43.6. The van der Waals surface area contributed by atoms with Crippen molar-refractivity contribution in [3.63, 3.8) is 0 Å². The van der Waals surface area contributed by atoms with E-state index in [1.54, 1.807) is 17.0 Å². The highest BCUT2D eigenvalue weighted by Crippen LogP contribution is 2.47. The standard InChI is InChI=1S/C20H20F3N3O2/c1-12-3-2-4-17(25-12)19(27)26-10-14-7-13(14)8-16(26)11-28-18-6-5-15(9-24-18)20(21,22)23/h2-6,9,13-14,16H,7-8,10-11H2,1H3/t13-,14+,16+/m1/s1. The van der Waals surface area contributed by atoms with E-state index in [4.69, 9.17) is 4.74 Å². The molecule has 3 atom stereocenters. The third-order valence-corrected chi connectivity index (χ3v) is 5.37. The Bertz CT molecular complexity index is 870. The van der Waals surface area contributed by atoms with Gasteiger partial charge in [0.2, 0.25) is 5.88 Å². The molecule has 0 unspecified atom stereocenters. The molecule has 1 amide bonds.